The van der Waals surface area contributed by atoms with E-state index in [1.807, 2.05) is 6.07 Å². The molecule has 3 aromatic rings. The molecule has 1 aromatic heterocycles. The van der Waals surface area contributed by atoms with E-state index >= 15 is 0 Å². The Hall–Kier alpha value is -2.72. The number of nitrogens with zero attached hydrogens (tertiary/aromatic N) is 2. The van der Waals surface area contributed by atoms with Crippen LogP contribution in [0.5, 0.6) is 11.6 Å². The standard InChI is InChI=1S/C18H14Br2N4O4/c19-10-6-12-16(13(20)7-10)22-18(27)17(12)24-23-14(25)8-21-15(26)9-28-11-4-2-1-3-5-11/h1-7,22,27H,8-9H2,(H,21,26). The third-order valence-corrected chi connectivity index (χ3v) is 4.67. The number of aromatic nitrogens is 1. The second-order valence-corrected chi connectivity index (χ2v) is 7.37. The number of carbonyl (C=O) groups excluding carboxylic acids is 2. The summed E-state index contributed by atoms with van der Waals surface area (Å²) in [5, 5.41) is 20.4. The van der Waals surface area contributed by atoms with Crippen LogP contribution in [0.15, 0.2) is 61.6 Å². The average molecular weight is 510 g/mol. The predicted molar refractivity (Wildman–Crippen MR) is 110 cm³/mol. The van der Waals surface area contributed by atoms with Crippen LogP contribution in [-0.2, 0) is 9.59 Å². The Bertz CT molecular complexity index is 1050. The van der Waals surface area contributed by atoms with E-state index < -0.39 is 11.8 Å². The lowest BCUT2D eigenvalue weighted by Gasteiger charge is -2.05. The van der Waals surface area contributed by atoms with E-state index in [0.717, 1.165) is 4.47 Å². The number of amides is 2. The fourth-order valence-electron chi connectivity index (χ4n) is 2.33. The number of fused-ring (bicyclic) bond motifs is 1. The molecule has 3 rings (SSSR count). The lowest BCUT2D eigenvalue weighted by molar-refractivity contribution is -0.126. The molecule has 0 radical (unpaired) electrons. The van der Waals surface area contributed by atoms with Gasteiger partial charge >= 0.3 is 0 Å². The Kier molecular flexibility index (Phi) is 6.42. The Morgan fingerprint density at radius 3 is 2.68 bits per heavy atom. The fourth-order valence-corrected chi connectivity index (χ4v) is 3.65. The highest BCUT2D eigenvalue weighted by Gasteiger charge is 2.14. The van der Waals surface area contributed by atoms with Gasteiger partial charge in [0.15, 0.2) is 12.3 Å². The van der Waals surface area contributed by atoms with Crippen molar-refractivity contribution in [2.45, 2.75) is 0 Å². The van der Waals surface area contributed by atoms with Gasteiger partial charge in [-0.05, 0) is 40.2 Å². The van der Waals surface area contributed by atoms with Crippen LogP contribution in [0.1, 0.15) is 0 Å². The van der Waals surface area contributed by atoms with Gasteiger partial charge in [-0.2, -0.15) is 0 Å². The smallest absolute Gasteiger partial charge is 0.283 e. The average Bonchev–Trinajstić information content (AvgIpc) is 2.99. The van der Waals surface area contributed by atoms with Crippen LogP contribution in [0.4, 0.5) is 5.69 Å². The number of ether oxygens (including phenoxy) is 1. The molecule has 1 heterocycles. The van der Waals surface area contributed by atoms with Crippen LogP contribution >= 0.6 is 31.9 Å². The summed E-state index contributed by atoms with van der Waals surface area (Å²) >= 11 is 6.73. The highest BCUT2D eigenvalue weighted by Crippen LogP contribution is 2.40. The maximum Gasteiger partial charge on any atom is 0.283 e. The summed E-state index contributed by atoms with van der Waals surface area (Å²) in [6, 6.07) is 12.4. The zero-order chi connectivity index (χ0) is 20.1. The first kappa shape index (κ1) is 20.0. The molecule has 0 saturated heterocycles. The Morgan fingerprint density at radius 2 is 1.93 bits per heavy atom. The van der Waals surface area contributed by atoms with Gasteiger partial charge in [0.1, 0.15) is 12.3 Å². The normalized spacial score (nSPS) is 11.1. The highest BCUT2D eigenvalue weighted by atomic mass is 79.9. The molecule has 0 saturated carbocycles. The van der Waals surface area contributed by atoms with Crippen LogP contribution in [0.25, 0.3) is 10.9 Å². The summed E-state index contributed by atoms with van der Waals surface area (Å²) in [5.74, 6) is -0.799. The molecule has 0 bridgehead atoms. The number of nitrogens with one attached hydrogen (secondary N) is 2. The molecule has 2 amide bonds. The van der Waals surface area contributed by atoms with Gasteiger partial charge in [-0.3, -0.25) is 9.59 Å². The first-order valence-corrected chi connectivity index (χ1v) is 9.61. The second kappa shape index (κ2) is 8.98. The SMILES string of the molecule is O=C(CNC(=O)COc1ccccc1)N=Nc1c(O)[nH]c2c(Br)cc(Br)cc12. The highest BCUT2D eigenvalue weighted by molar-refractivity contribution is 9.11. The van der Waals surface area contributed by atoms with Gasteiger partial charge in [0, 0.05) is 14.3 Å². The number of H-pyrrole nitrogens is 1. The van der Waals surface area contributed by atoms with Gasteiger partial charge in [0.2, 0.25) is 5.88 Å². The van der Waals surface area contributed by atoms with Gasteiger partial charge < -0.3 is 20.1 Å². The summed E-state index contributed by atoms with van der Waals surface area (Å²) < 4.78 is 6.76. The largest absolute Gasteiger partial charge is 0.493 e. The summed E-state index contributed by atoms with van der Waals surface area (Å²) in [5.41, 5.74) is 0.748. The molecule has 0 aliphatic carbocycles. The van der Waals surface area contributed by atoms with Gasteiger partial charge in [0.05, 0.1) is 5.52 Å². The van der Waals surface area contributed by atoms with Crippen molar-refractivity contribution in [1.29, 1.82) is 0 Å². The minimum atomic E-state index is -0.670. The first-order chi connectivity index (χ1) is 13.4. The topological polar surface area (TPSA) is 116 Å². The van der Waals surface area contributed by atoms with Crippen LogP contribution in [0.2, 0.25) is 0 Å². The number of hydrogen-bond donors (Lipinski definition) is 3. The van der Waals surface area contributed by atoms with Crippen molar-refractivity contribution in [2.24, 2.45) is 10.2 Å². The molecule has 0 aliphatic rings. The number of azo groups is 1. The number of rotatable bonds is 6. The maximum atomic E-state index is 11.9. The van der Waals surface area contributed by atoms with E-state index in [4.69, 9.17) is 4.74 Å². The van der Waals surface area contributed by atoms with Crippen LogP contribution in [-0.4, -0.2) is 35.1 Å². The summed E-state index contributed by atoms with van der Waals surface area (Å²) in [4.78, 5) is 26.4. The number of benzene rings is 2. The monoisotopic (exact) mass is 508 g/mol. The van der Waals surface area contributed by atoms with E-state index in [0.29, 0.717) is 21.1 Å². The molecule has 0 unspecified atom stereocenters. The molecular weight excluding hydrogens is 496 g/mol. The molecule has 10 heteroatoms. The van der Waals surface area contributed by atoms with Crippen LogP contribution in [0, 0.1) is 0 Å². The molecule has 0 atom stereocenters. The quantitative estimate of drug-likeness (QED) is 0.431. The number of para-hydroxylation sites is 1. The molecule has 0 spiro atoms. The van der Waals surface area contributed by atoms with Gasteiger partial charge in [-0.15, -0.1) is 10.2 Å². The number of halogens is 2. The zero-order valence-electron chi connectivity index (χ0n) is 14.3. The number of aromatic amines is 1. The van der Waals surface area contributed by atoms with Crippen LogP contribution in [0.3, 0.4) is 0 Å². The van der Waals surface area contributed by atoms with Crippen LogP contribution < -0.4 is 10.1 Å². The van der Waals surface area contributed by atoms with Crippen molar-refractivity contribution in [3.05, 3.63) is 51.4 Å². The fraction of sp³-hybridized carbons (Fsp3) is 0.111. The minimum absolute atomic E-state index is 0.129. The van der Waals surface area contributed by atoms with Crippen molar-refractivity contribution >= 4 is 60.3 Å². The predicted octanol–water partition coefficient (Wildman–Crippen LogP) is 4.20. The van der Waals surface area contributed by atoms with E-state index in [2.05, 4.69) is 52.4 Å². The van der Waals surface area contributed by atoms with Crippen molar-refractivity contribution < 1.29 is 19.4 Å². The van der Waals surface area contributed by atoms with E-state index in [1.54, 1.807) is 36.4 Å². The Balaban J connectivity index is 1.58. The second-order valence-electron chi connectivity index (χ2n) is 5.60. The summed E-state index contributed by atoms with van der Waals surface area (Å²) in [7, 11) is 0. The van der Waals surface area contributed by atoms with E-state index in [-0.39, 0.29) is 24.7 Å². The summed E-state index contributed by atoms with van der Waals surface area (Å²) in [6.07, 6.45) is 0. The van der Waals surface area contributed by atoms with Gasteiger partial charge in [-0.25, -0.2) is 0 Å². The van der Waals surface area contributed by atoms with E-state index in [1.165, 1.54) is 0 Å². The molecule has 2 aromatic carbocycles. The third kappa shape index (κ3) is 4.96. The van der Waals surface area contributed by atoms with Crippen molar-refractivity contribution in [3.63, 3.8) is 0 Å². The summed E-state index contributed by atoms with van der Waals surface area (Å²) in [6.45, 7) is -0.559. The van der Waals surface area contributed by atoms with Gasteiger partial charge in [-0.1, -0.05) is 34.1 Å². The lowest BCUT2D eigenvalue weighted by Crippen LogP contribution is -2.32. The molecule has 3 N–H and O–H groups in total. The van der Waals surface area contributed by atoms with Crippen molar-refractivity contribution in [1.82, 2.24) is 10.3 Å². The molecule has 144 valence electrons. The molecule has 28 heavy (non-hydrogen) atoms. The molecular formula is C18H14Br2N4O4. The minimum Gasteiger partial charge on any atom is -0.493 e. The molecule has 0 fully saturated rings. The number of hydrogen-bond acceptors (Lipinski definition) is 5. The Morgan fingerprint density at radius 1 is 1.18 bits per heavy atom. The molecule has 8 nitrogen and oxygen atoms in total. The molecule has 0 aliphatic heterocycles. The van der Waals surface area contributed by atoms with Gasteiger partial charge in [0.25, 0.3) is 11.8 Å². The van der Waals surface area contributed by atoms with E-state index in [9.17, 15) is 14.7 Å². The van der Waals surface area contributed by atoms with Crippen molar-refractivity contribution in [3.8, 4) is 11.6 Å². The number of aromatic hydroxyl groups is 1. The van der Waals surface area contributed by atoms with Crippen molar-refractivity contribution in [2.75, 3.05) is 13.2 Å². The third-order valence-electron chi connectivity index (χ3n) is 3.59. The Labute approximate surface area is 176 Å². The zero-order valence-corrected chi connectivity index (χ0v) is 17.4. The maximum absolute atomic E-state index is 11.9. The first-order valence-electron chi connectivity index (χ1n) is 8.03. The number of carbonyl (C=O) groups is 2. The lowest BCUT2D eigenvalue weighted by atomic mass is 10.2.